The summed E-state index contributed by atoms with van der Waals surface area (Å²) in [7, 11) is 13.3. The minimum absolute atomic E-state index is 1.01. The molecular formula is C11H26N2+2. The van der Waals surface area contributed by atoms with E-state index in [0.717, 1.165) is 22.1 Å². The van der Waals surface area contributed by atoms with Gasteiger partial charge in [-0.1, -0.05) is 0 Å². The Morgan fingerprint density at radius 1 is 0.923 bits per heavy atom. The first-order chi connectivity index (χ1) is 5.60. The molecule has 0 fully saturated rings. The number of quaternary nitrogens is 2. The molecule has 0 aromatic heterocycles. The van der Waals surface area contributed by atoms with Crippen molar-refractivity contribution in [3.05, 3.63) is 11.6 Å². The molecule has 0 bridgehead atoms. The smallest absolute Gasteiger partial charge is 0.0996 e. The lowest BCUT2D eigenvalue weighted by Crippen LogP contribution is -2.37. The zero-order valence-corrected chi connectivity index (χ0v) is 10.4. The van der Waals surface area contributed by atoms with Gasteiger partial charge in [-0.25, -0.2) is 0 Å². The second kappa shape index (κ2) is 4.25. The summed E-state index contributed by atoms with van der Waals surface area (Å²) in [6, 6.07) is 0. The van der Waals surface area contributed by atoms with E-state index in [-0.39, 0.29) is 0 Å². The molecule has 78 valence electrons. The molecule has 0 spiro atoms. The largest absolute Gasteiger partial charge is 0.328 e. The van der Waals surface area contributed by atoms with Crippen molar-refractivity contribution in [2.24, 2.45) is 0 Å². The van der Waals surface area contributed by atoms with Crippen LogP contribution in [0.5, 0.6) is 0 Å². The molecule has 0 saturated heterocycles. The third-order valence-corrected chi connectivity index (χ3v) is 1.71. The van der Waals surface area contributed by atoms with Crippen LogP contribution in [0.2, 0.25) is 0 Å². The predicted molar refractivity (Wildman–Crippen MR) is 59.6 cm³/mol. The standard InChI is InChI=1S/C11H26N2/c1-11(10-13(5,6)7)8-9-12(2,3)4/h8H,9-10H2,1-7H3/q+2/b11-8-. The zero-order valence-electron chi connectivity index (χ0n) is 10.4. The molecule has 0 saturated carbocycles. The Morgan fingerprint density at radius 3 is 1.69 bits per heavy atom. The highest BCUT2D eigenvalue weighted by atomic mass is 15.3. The van der Waals surface area contributed by atoms with Crippen molar-refractivity contribution < 1.29 is 8.97 Å². The SMILES string of the molecule is C/C(=C/C[N+](C)(C)C)C[N+](C)(C)C. The lowest BCUT2D eigenvalue weighted by Gasteiger charge is -2.26. The van der Waals surface area contributed by atoms with Crippen molar-refractivity contribution in [3.8, 4) is 0 Å². The highest BCUT2D eigenvalue weighted by molar-refractivity contribution is 4.97. The van der Waals surface area contributed by atoms with Crippen molar-refractivity contribution in [3.63, 3.8) is 0 Å². The van der Waals surface area contributed by atoms with Gasteiger partial charge in [0.2, 0.25) is 0 Å². The van der Waals surface area contributed by atoms with Gasteiger partial charge in [-0.3, -0.25) is 0 Å². The van der Waals surface area contributed by atoms with Crippen LogP contribution in [-0.2, 0) is 0 Å². The Kier molecular flexibility index (Phi) is 4.14. The van der Waals surface area contributed by atoms with E-state index in [1.807, 2.05) is 0 Å². The third-order valence-electron chi connectivity index (χ3n) is 1.71. The average Bonchev–Trinajstić information content (AvgIpc) is 1.78. The summed E-state index contributed by atoms with van der Waals surface area (Å²) in [5.74, 6) is 0. The molecule has 2 nitrogen and oxygen atoms in total. The fourth-order valence-electron chi connectivity index (χ4n) is 1.24. The van der Waals surface area contributed by atoms with E-state index < -0.39 is 0 Å². The monoisotopic (exact) mass is 186 g/mol. The second-order valence-electron chi connectivity index (χ2n) is 5.97. The summed E-state index contributed by atoms with van der Waals surface area (Å²) in [5.41, 5.74) is 1.49. The Hall–Kier alpha value is -0.340. The average molecular weight is 186 g/mol. The van der Waals surface area contributed by atoms with Crippen LogP contribution in [0.25, 0.3) is 0 Å². The van der Waals surface area contributed by atoms with Gasteiger partial charge in [-0.2, -0.15) is 0 Å². The molecule has 2 heteroatoms. The first-order valence-corrected chi connectivity index (χ1v) is 4.87. The Balaban J connectivity index is 4.05. The van der Waals surface area contributed by atoms with E-state index in [1.54, 1.807) is 0 Å². The molecular weight excluding hydrogens is 160 g/mol. The van der Waals surface area contributed by atoms with Gasteiger partial charge >= 0.3 is 0 Å². The number of hydrogen-bond acceptors (Lipinski definition) is 0. The molecule has 0 radical (unpaired) electrons. The highest BCUT2D eigenvalue weighted by Gasteiger charge is 2.09. The number of hydrogen-bond donors (Lipinski definition) is 0. The zero-order chi connectivity index (χ0) is 10.7. The first-order valence-electron chi connectivity index (χ1n) is 4.87. The molecule has 0 aliphatic carbocycles. The molecule has 0 amide bonds. The summed E-state index contributed by atoms with van der Waals surface area (Å²) in [6.07, 6.45) is 2.35. The first kappa shape index (κ1) is 12.7. The number of nitrogens with zero attached hydrogens (tertiary/aromatic N) is 2. The van der Waals surface area contributed by atoms with Gasteiger partial charge in [0.1, 0.15) is 0 Å². The van der Waals surface area contributed by atoms with E-state index >= 15 is 0 Å². The predicted octanol–water partition coefficient (Wildman–Crippen LogP) is 1.35. The quantitative estimate of drug-likeness (QED) is 0.459. The molecule has 0 aliphatic heterocycles. The van der Waals surface area contributed by atoms with Crippen LogP contribution in [0.15, 0.2) is 11.6 Å². The summed E-state index contributed by atoms with van der Waals surface area (Å²) in [6.45, 7) is 4.48. The van der Waals surface area contributed by atoms with Crippen molar-refractivity contribution in [2.45, 2.75) is 6.92 Å². The Labute approximate surface area is 83.6 Å². The van der Waals surface area contributed by atoms with Gasteiger partial charge < -0.3 is 8.97 Å². The normalized spacial score (nSPS) is 14.8. The van der Waals surface area contributed by atoms with Crippen molar-refractivity contribution in [2.75, 3.05) is 55.4 Å². The van der Waals surface area contributed by atoms with Gasteiger partial charge in [-0.15, -0.1) is 0 Å². The molecule has 0 rings (SSSR count). The topological polar surface area (TPSA) is 0 Å². The van der Waals surface area contributed by atoms with Crippen LogP contribution < -0.4 is 0 Å². The van der Waals surface area contributed by atoms with Crippen LogP contribution in [0.3, 0.4) is 0 Å². The van der Waals surface area contributed by atoms with Crippen LogP contribution >= 0.6 is 0 Å². The van der Waals surface area contributed by atoms with E-state index in [1.165, 1.54) is 5.57 Å². The molecule has 0 aromatic rings. The maximum absolute atomic E-state index is 2.35. The number of rotatable bonds is 4. The highest BCUT2D eigenvalue weighted by Crippen LogP contribution is 2.02. The molecule has 0 atom stereocenters. The third kappa shape index (κ3) is 9.57. The van der Waals surface area contributed by atoms with E-state index in [4.69, 9.17) is 0 Å². The Bertz CT molecular complexity index is 179. The van der Waals surface area contributed by atoms with Crippen LogP contribution in [-0.4, -0.2) is 64.3 Å². The molecule has 0 unspecified atom stereocenters. The fraction of sp³-hybridized carbons (Fsp3) is 0.818. The van der Waals surface area contributed by atoms with E-state index in [0.29, 0.717) is 0 Å². The maximum Gasteiger partial charge on any atom is 0.0996 e. The lowest BCUT2D eigenvalue weighted by molar-refractivity contribution is -0.867. The summed E-state index contributed by atoms with van der Waals surface area (Å²) in [5, 5.41) is 0. The number of likely N-dealkylation sites (N-methyl/N-ethyl adjacent to an activating group) is 2. The van der Waals surface area contributed by atoms with E-state index in [9.17, 15) is 0 Å². The minimum atomic E-state index is 1.01. The van der Waals surface area contributed by atoms with Gasteiger partial charge in [0.05, 0.1) is 55.4 Å². The minimum Gasteiger partial charge on any atom is -0.328 e. The fourth-order valence-corrected chi connectivity index (χ4v) is 1.24. The summed E-state index contributed by atoms with van der Waals surface area (Å²) >= 11 is 0. The molecule has 0 heterocycles. The molecule has 0 aromatic carbocycles. The van der Waals surface area contributed by atoms with Gasteiger partial charge in [-0.05, 0) is 18.6 Å². The van der Waals surface area contributed by atoms with Gasteiger partial charge in [0.25, 0.3) is 0 Å². The summed E-state index contributed by atoms with van der Waals surface area (Å²) in [4.78, 5) is 0. The molecule has 0 N–H and O–H groups in total. The van der Waals surface area contributed by atoms with Crippen molar-refractivity contribution >= 4 is 0 Å². The summed E-state index contributed by atoms with van der Waals surface area (Å²) < 4.78 is 2.02. The van der Waals surface area contributed by atoms with Crippen LogP contribution in [0.4, 0.5) is 0 Å². The van der Waals surface area contributed by atoms with Crippen molar-refractivity contribution in [1.29, 1.82) is 0 Å². The van der Waals surface area contributed by atoms with Gasteiger partial charge in [0, 0.05) is 0 Å². The van der Waals surface area contributed by atoms with Crippen molar-refractivity contribution in [1.82, 2.24) is 0 Å². The van der Waals surface area contributed by atoms with Crippen LogP contribution in [0.1, 0.15) is 6.92 Å². The maximum atomic E-state index is 2.35. The van der Waals surface area contributed by atoms with Gasteiger partial charge in [0.15, 0.2) is 0 Å². The second-order valence-corrected chi connectivity index (χ2v) is 5.97. The molecule has 0 aliphatic rings. The molecule has 13 heavy (non-hydrogen) atoms. The van der Waals surface area contributed by atoms with E-state index in [2.05, 4.69) is 55.3 Å². The van der Waals surface area contributed by atoms with Crippen LogP contribution in [0, 0.1) is 0 Å². The Morgan fingerprint density at radius 2 is 1.38 bits per heavy atom. The lowest BCUT2D eigenvalue weighted by atomic mass is 10.2.